The van der Waals surface area contributed by atoms with Crippen LogP contribution >= 0.6 is 0 Å². The predicted octanol–water partition coefficient (Wildman–Crippen LogP) is 5.72. The highest BCUT2D eigenvalue weighted by atomic mass is 16.5. The van der Waals surface area contributed by atoms with E-state index in [-0.39, 0.29) is 12.2 Å². The Kier molecular flexibility index (Phi) is 10.2. The fourth-order valence-electron chi connectivity index (χ4n) is 4.61. The molecule has 0 bridgehead atoms. The van der Waals surface area contributed by atoms with Gasteiger partial charge in [0.05, 0.1) is 18.8 Å². The van der Waals surface area contributed by atoms with Crippen LogP contribution in [0, 0.1) is 11.8 Å². The zero-order chi connectivity index (χ0) is 25.9. The summed E-state index contributed by atoms with van der Waals surface area (Å²) in [5, 5.41) is 9.06. The van der Waals surface area contributed by atoms with Gasteiger partial charge >= 0.3 is 11.9 Å². The Morgan fingerprint density at radius 1 is 1.00 bits per heavy atom. The number of hydrogen-bond acceptors (Lipinski definition) is 6. The van der Waals surface area contributed by atoms with Gasteiger partial charge < -0.3 is 26.0 Å². The summed E-state index contributed by atoms with van der Waals surface area (Å²) >= 11 is 0. The summed E-state index contributed by atoms with van der Waals surface area (Å²) in [6.07, 6.45) is 11.5. The number of rotatable bonds is 12. The quantitative estimate of drug-likeness (QED) is 0.149. The van der Waals surface area contributed by atoms with Crippen LogP contribution in [0.1, 0.15) is 73.4 Å². The SMILES string of the molecule is CCC1CCC(COc2ccc(C=CC(=O)OCCCCc3c(N)cc(C(=O)O)cc3N)cc2)CC1. The number of nitrogens with two attached hydrogens (primary N) is 2. The second-order valence-corrected chi connectivity index (χ2v) is 9.57. The van der Waals surface area contributed by atoms with Crippen molar-refractivity contribution in [2.24, 2.45) is 11.8 Å². The Morgan fingerprint density at radius 3 is 2.25 bits per heavy atom. The van der Waals surface area contributed by atoms with E-state index in [0.717, 1.165) is 29.4 Å². The average molecular weight is 495 g/mol. The van der Waals surface area contributed by atoms with Crippen molar-refractivity contribution in [2.45, 2.75) is 58.3 Å². The summed E-state index contributed by atoms with van der Waals surface area (Å²) in [6.45, 7) is 3.33. The number of aromatic carboxylic acids is 1. The maximum atomic E-state index is 12.0. The maximum absolute atomic E-state index is 12.0. The second kappa shape index (κ2) is 13.6. The van der Waals surface area contributed by atoms with Crippen molar-refractivity contribution in [2.75, 3.05) is 24.7 Å². The molecule has 0 aliphatic heterocycles. The summed E-state index contributed by atoms with van der Waals surface area (Å²) in [5.41, 5.74) is 14.3. The lowest BCUT2D eigenvalue weighted by atomic mass is 9.81. The third-order valence-corrected chi connectivity index (χ3v) is 6.95. The van der Waals surface area contributed by atoms with Gasteiger partial charge in [0, 0.05) is 17.5 Å². The number of carboxylic acid groups (broad SMARTS) is 1. The Bertz CT molecular complexity index is 1020. The van der Waals surface area contributed by atoms with Gasteiger partial charge in [-0.1, -0.05) is 38.3 Å². The van der Waals surface area contributed by atoms with Crippen molar-refractivity contribution in [3.8, 4) is 5.75 Å². The molecule has 0 amide bonds. The number of ether oxygens (including phenoxy) is 2. The molecule has 194 valence electrons. The molecule has 0 unspecified atom stereocenters. The van der Waals surface area contributed by atoms with Gasteiger partial charge in [-0.15, -0.1) is 0 Å². The molecule has 1 saturated carbocycles. The minimum Gasteiger partial charge on any atom is -0.493 e. The van der Waals surface area contributed by atoms with Gasteiger partial charge in [0.25, 0.3) is 0 Å². The van der Waals surface area contributed by atoms with Crippen molar-refractivity contribution in [1.29, 1.82) is 0 Å². The number of benzene rings is 2. The second-order valence-electron chi connectivity index (χ2n) is 9.57. The highest BCUT2D eigenvalue weighted by Crippen LogP contribution is 2.31. The molecule has 2 aromatic rings. The molecule has 36 heavy (non-hydrogen) atoms. The van der Waals surface area contributed by atoms with Gasteiger partial charge in [-0.2, -0.15) is 0 Å². The van der Waals surface area contributed by atoms with Gasteiger partial charge in [0.2, 0.25) is 0 Å². The molecule has 1 aliphatic rings. The van der Waals surface area contributed by atoms with E-state index in [9.17, 15) is 9.59 Å². The van der Waals surface area contributed by atoms with E-state index < -0.39 is 11.9 Å². The number of hydrogen-bond donors (Lipinski definition) is 3. The van der Waals surface area contributed by atoms with Gasteiger partial charge in [-0.3, -0.25) is 0 Å². The fourth-order valence-corrected chi connectivity index (χ4v) is 4.61. The van der Waals surface area contributed by atoms with Gasteiger partial charge in [0.15, 0.2) is 0 Å². The van der Waals surface area contributed by atoms with E-state index in [1.165, 1.54) is 50.3 Å². The Hall–Kier alpha value is -3.48. The number of nitrogen functional groups attached to an aromatic ring is 2. The molecule has 0 spiro atoms. The third-order valence-electron chi connectivity index (χ3n) is 6.95. The van der Waals surface area contributed by atoms with Crippen LogP contribution in [0.4, 0.5) is 11.4 Å². The Labute approximate surface area is 213 Å². The van der Waals surface area contributed by atoms with E-state index in [1.54, 1.807) is 6.08 Å². The molecule has 5 N–H and O–H groups in total. The van der Waals surface area contributed by atoms with Crippen LogP contribution in [0.2, 0.25) is 0 Å². The smallest absolute Gasteiger partial charge is 0.335 e. The molecule has 0 atom stereocenters. The summed E-state index contributed by atoms with van der Waals surface area (Å²) in [4.78, 5) is 23.1. The average Bonchev–Trinajstić information content (AvgIpc) is 2.88. The lowest BCUT2D eigenvalue weighted by molar-refractivity contribution is -0.137. The van der Waals surface area contributed by atoms with E-state index in [2.05, 4.69) is 6.92 Å². The molecule has 7 nitrogen and oxygen atoms in total. The standard InChI is InChI=1S/C29H38N2O5/c1-2-20-6-8-22(9-7-20)19-36-24-13-10-21(11-14-24)12-15-28(32)35-16-4-3-5-25-26(30)17-23(29(33)34)18-27(25)31/h10-15,17-18,20,22H,2-9,16,19,30-31H2,1H3,(H,33,34). The topological polar surface area (TPSA) is 125 Å². The third kappa shape index (κ3) is 8.33. The molecule has 7 heteroatoms. The minimum absolute atomic E-state index is 0.0705. The lowest BCUT2D eigenvalue weighted by Gasteiger charge is -2.27. The van der Waals surface area contributed by atoms with Crippen LogP contribution in [0.3, 0.4) is 0 Å². The Morgan fingerprint density at radius 2 is 1.64 bits per heavy atom. The summed E-state index contributed by atoms with van der Waals surface area (Å²) in [6, 6.07) is 10.5. The van der Waals surface area contributed by atoms with Gasteiger partial charge in [-0.05, 0) is 85.4 Å². The van der Waals surface area contributed by atoms with E-state index in [0.29, 0.717) is 36.6 Å². The molecule has 0 heterocycles. The number of esters is 1. The highest BCUT2D eigenvalue weighted by molar-refractivity contribution is 5.91. The first kappa shape index (κ1) is 27.1. The van der Waals surface area contributed by atoms with Crippen LogP contribution in [-0.2, 0) is 16.0 Å². The van der Waals surface area contributed by atoms with Gasteiger partial charge in [-0.25, -0.2) is 9.59 Å². The molecule has 1 aliphatic carbocycles. The van der Waals surface area contributed by atoms with Crippen LogP contribution < -0.4 is 16.2 Å². The number of carbonyl (C=O) groups excluding carboxylic acids is 1. The van der Waals surface area contributed by atoms with Crippen LogP contribution in [-0.4, -0.2) is 30.3 Å². The van der Waals surface area contributed by atoms with Crippen molar-refractivity contribution < 1.29 is 24.2 Å². The molecule has 0 aromatic heterocycles. The van der Waals surface area contributed by atoms with Crippen LogP contribution in [0.25, 0.3) is 6.08 Å². The molecule has 0 radical (unpaired) electrons. The largest absolute Gasteiger partial charge is 0.493 e. The number of carbonyl (C=O) groups is 2. The van der Waals surface area contributed by atoms with Crippen molar-refractivity contribution >= 4 is 29.4 Å². The maximum Gasteiger partial charge on any atom is 0.335 e. The van der Waals surface area contributed by atoms with Crippen molar-refractivity contribution in [1.82, 2.24) is 0 Å². The molecule has 1 fully saturated rings. The molecular formula is C29H38N2O5. The Balaban J connectivity index is 1.33. The number of unbranched alkanes of at least 4 members (excludes halogenated alkanes) is 1. The highest BCUT2D eigenvalue weighted by Gasteiger charge is 2.20. The summed E-state index contributed by atoms with van der Waals surface area (Å²) in [7, 11) is 0. The fraction of sp³-hybridized carbons (Fsp3) is 0.448. The summed E-state index contributed by atoms with van der Waals surface area (Å²) < 4.78 is 11.2. The zero-order valence-electron chi connectivity index (χ0n) is 21.1. The van der Waals surface area contributed by atoms with Gasteiger partial charge in [0.1, 0.15) is 5.75 Å². The normalized spacial score (nSPS) is 17.7. The van der Waals surface area contributed by atoms with E-state index in [1.807, 2.05) is 24.3 Å². The molecule has 3 rings (SSSR count). The first-order chi connectivity index (χ1) is 17.4. The molecule has 0 saturated heterocycles. The van der Waals surface area contributed by atoms with E-state index >= 15 is 0 Å². The predicted molar refractivity (Wildman–Crippen MR) is 143 cm³/mol. The minimum atomic E-state index is -1.07. The van der Waals surface area contributed by atoms with Crippen molar-refractivity contribution in [3.63, 3.8) is 0 Å². The zero-order valence-corrected chi connectivity index (χ0v) is 21.1. The molecule has 2 aromatic carbocycles. The van der Waals surface area contributed by atoms with Crippen LogP contribution in [0.15, 0.2) is 42.5 Å². The monoisotopic (exact) mass is 494 g/mol. The number of anilines is 2. The van der Waals surface area contributed by atoms with Crippen molar-refractivity contribution in [3.05, 3.63) is 59.2 Å². The first-order valence-corrected chi connectivity index (χ1v) is 12.8. The van der Waals surface area contributed by atoms with Crippen LogP contribution in [0.5, 0.6) is 5.75 Å². The summed E-state index contributed by atoms with van der Waals surface area (Å²) in [5.74, 6) is 0.926. The first-order valence-electron chi connectivity index (χ1n) is 12.8. The lowest BCUT2D eigenvalue weighted by Crippen LogP contribution is -2.19. The molecular weight excluding hydrogens is 456 g/mol. The van der Waals surface area contributed by atoms with E-state index in [4.69, 9.17) is 26.0 Å². The number of carboxylic acids is 1.